The Labute approximate surface area is 161 Å². The van der Waals surface area contributed by atoms with E-state index in [2.05, 4.69) is 25.3 Å². The van der Waals surface area contributed by atoms with Crippen LogP contribution in [0.4, 0.5) is 16.3 Å². The number of benzene rings is 1. The Hall–Kier alpha value is -2.91. The van der Waals surface area contributed by atoms with Gasteiger partial charge in [-0.25, -0.2) is 19.6 Å². The highest BCUT2D eigenvalue weighted by Gasteiger charge is 2.17. The molecule has 0 spiro atoms. The molecule has 2 rings (SSSR count). The second kappa shape index (κ2) is 9.70. The SMILES string of the molecule is COC(=O)c1nccnc1NC(=O)Nc1cc(Cl)ccc1OCCN(C)C. The van der Waals surface area contributed by atoms with Crippen molar-refractivity contribution in [2.24, 2.45) is 0 Å². The van der Waals surface area contributed by atoms with Crippen molar-refractivity contribution in [2.45, 2.75) is 0 Å². The van der Waals surface area contributed by atoms with Crippen molar-refractivity contribution in [1.82, 2.24) is 14.9 Å². The molecule has 0 fully saturated rings. The molecule has 2 amide bonds. The van der Waals surface area contributed by atoms with Gasteiger partial charge >= 0.3 is 12.0 Å². The number of nitrogens with one attached hydrogen (secondary N) is 2. The molecule has 1 aromatic carbocycles. The lowest BCUT2D eigenvalue weighted by Gasteiger charge is -2.15. The summed E-state index contributed by atoms with van der Waals surface area (Å²) in [6.07, 6.45) is 2.67. The van der Waals surface area contributed by atoms with Gasteiger partial charge in [0.25, 0.3) is 0 Å². The maximum absolute atomic E-state index is 12.3. The number of halogens is 1. The molecule has 0 atom stereocenters. The lowest BCUT2D eigenvalue weighted by Crippen LogP contribution is -2.23. The third-order valence-electron chi connectivity index (χ3n) is 3.29. The molecule has 144 valence electrons. The minimum absolute atomic E-state index is 0.0287. The average Bonchev–Trinajstić information content (AvgIpc) is 2.63. The van der Waals surface area contributed by atoms with Crippen LogP contribution in [-0.2, 0) is 4.74 Å². The fourth-order valence-electron chi connectivity index (χ4n) is 2.00. The molecule has 0 bridgehead atoms. The van der Waals surface area contributed by atoms with E-state index in [1.807, 2.05) is 19.0 Å². The van der Waals surface area contributed by atoms with E-state index in [9.17, 15) is 9.59 Å². The molecule has 0 aliphatic carbocycles. The zero-order valence-corrected chi connectivity index (χ0v) is 15.9. The van der Waals surface area contributed by atoms with Crippen LogP contribution in [0.25, 0.3) is 0 Å². The van der Waals surface area contributed by atoms with Gasteiger partial charge in [0.05, 0.1) is 12.8 Å². The van der Waals surface area contributed by atoms with E-state index in [0.29, 0.717) is 29.6 Å². The molecule has 9 nitrogen and oxygen atoms in total. The number of hydrogen-bond donors (Lipinski definition) is 2. The third kappa shape index (κ3) is 6.08. The highest BCUT2D eigenvalue weighted by atomic mass is 35.5. The predicted molar refractivity (Wildman–Crippen MR) is 102 cm³/mol. The first kappa shape index (κ1) is 20.4. The maximum Gasteiger partial charge on any atom is 0.360 e. The van der Waals surface area contributed by atoms with E-state index in [1.165, 1.54) is 19.5 Å². The topological polar surface area (TPSA) is 106 Å². The lowest BCUT2D eigenvalue weighted by molar-refractivity contribution is 0.0595. The van der Waals surface area contributed by atoms with E-state index >= 15 is 0 Å². The predicted octanol–water partition coefficient (Wildman–Crippen LogP) is 2.50. The quantitative estimate of drug-likeness (QED) is 0.696. The number of urea groups is 1. The number of methoxy groups -OCH3 is 1. The second-order valence-corrected chi connectivity index (χ2v) is 6.05. The maximum atomic E-state index is 12.3. The largest absolute Gasteiger partial charge is 0.490 e. The van der Waals surface area contributed by atoms with Gasteiger partial charge in [-0.3, -0.25) is 5.32 Å². The molecule has 1 aromatic heterocycles. The smallest absolute Gasteiger partial charge is 0.360 e. The van der Waals surface area contributed by atoms with Crippen molar-refractivity contribution in [3.8, 4) is 5.75 Å². The standard InChI is InChI=1S/C17H20ClN5O4/c1-23(2)8-9-27-13-5-4-11(18)10-12(13)21-17(25)22-15-14(16(24)26-3)19-6-7-20-15/h4-7,10H,8-9H2,1-3H3,(H2,20,21,22,25). The number of hydrogen-bond acceptors (Lipinski definition) is 7. The molecule has 0 saturated heterocycles. The monoisotopic (exact) mass is 393 g/mol. The summed E-state index contributed by atoms with van der Waals surface area (Å²) >= 11 is 6.01. The number of amides is 2. The van der Waals surface area contributed by atoms with Crippen molar-refractivity contribution in [3.05, 3.63) is 41.3 Å². The summed E-state index contributed by atoms with van der Waals surface area (Å²) in [7, 11) is 5.07. The molecule has 0 saturated carbocycles. The zero-order valence-electron chi connectivity index (χ0n) is 15.2. The van der Waals surface area contributed by atoms with Crippen molar-refractivity contribution >= 4 is 35.1 Å². The summed E-state index contributed by atoms with van der Waals surface area (Å²) in [6.45, 7) is 1.14. The number of likely N-dealkylation sites (N-methyl/N-ethyl adjacent to an activating group) is 1. The summed E-state index contributed by atoms with van der Waals surface area (Å²) in [5.74, 6) is -0.281. The highest BCUT2D eigenvalue weighted by Crippen LogP contribution is 2.28. The molecular formula is C17H20ClN5O4. The van der Waals surface area contributed by atoms with Gasteiger partial charge < -0.3 is 19.7 Å². The Morgan fingerprint density at radius 3 is 2.63 bits per heavy atom. The van der Waals surface area contributed by atoms with Crippen LogP contribution < -0.4 is 15.4 Å². The summed E-state index contributed by atoms with van der Waals surface area (Å²) in [6, 6.07) is 4.24. The highest BCUT2D eigenvalue weighted by molar-refractivity contribution is 6.31. The number of esters is 1. The molecule has 0 aliphatic rings. The van der Waals surface area contributed by atoms with Gasteiger partial charge in [-0.05, 0) is 32.3 Å². The first-order valence-corrected chi connectivity index (χ1v) is 8.33. The van der Waals surface area contributed by atoms with Crippen LogP contribution in [-0.4, -0.2) is 61.2 Å². The number of aromatic nitrogens is 2. The Bertz CT molecular complexity index is 816. The van der Waals surface area contributed by atoms with Crippen LogP contribution >= 0.6 is 11.6 Å². The molecule has 2 N–H and O–H groups in total. The second-order valence-electron chi connectivity index (χ2n) is 5.62. The van der Waals surface area contributed by atoms with Gasteiger partial charge in [0.15, 0.2) is 11.5 Å². The fraction of sp³-hybridized carbons (Fsp3) is 0.294. The first-order valence-electron chi connectivity index (χ1n) is 7.95. The first-order chi connectivity index (χ1) is 12.9. The van der Waals surface area contributed by atoms with E-state index in [4.69, 9.17) is 16.3 Å². The van der Waals surface area contributed by atoms with E-state index in [-0.39, 0.29) is 11.5 Å². The van der Waals surface area contributed by atoms with E-state index in [1.54, 1.807) is 18.2 Å². The molecule has 0 radical (unpaired) electrons. The number of anilines is 2. The van der Waals surface area contributed by atoms with Gasteiger partial charge in [0.2, 0.25) is 0 Å². The zero-order chi connectivity index (χ0) is 19.8. The van der Waals surface area contributed by atoms with Crippen LogP contribution in [0.5, 0.6) is 5.75 Å². The minimum Gasteiger partial charge on any atom is -0.490 e. The Kier molecular flexibility index (Phi) is 7.33. The van der Waals surface area contributed by atoms with Crippen molar-refractivity contribution < 1.29 is 19.1 Å². The summed E-state index contributed by atoms with van der Waals surface area (Å²) in [5, 5.41) is 5.52. The number of nitrogens with zero attached hydrogens (tertiary/aromatic N) is 3. The molecule has 27 heavy (non-hydrogen) atoms. The Morgan fingerprint density at radius 2 is 1.93 bits per heavy atom. The Morgan fingerprint density at radius 1 is 1.19 bits per heavy atom. The van der Waals surface area contributed by atoms with Crippen molar-refractivity contribution in [1.29, 1.82) is 0 Å². The number of carbonyl (C=O) groups excluding carboxylic acids is 2. The van der Waals surface area contributed by atoms with E-state index in [0.717, 1.165) is 0 Å². The van der Waals surface area contributed by atoms with E-state index < -0.39 is 12.0 Å². The number of rotatable bonds is 7. The third-order valence-corrected chi connectivity index (χ3v) is 3.53. The minimum atomic E-state index is -0.714. The van der Waals surface area contributed by atoms with Crippen molar-refractivity contribution in [3.63, 3.8) is 0 Å². The summed E-state index contributed by atoms with van der Waals surface area (Å²) < 4.78 is 10.3. The summed E-state index contributed by atoms with van der Waals surface area (Å²) in [4.78, 5) is 33.8. The van der Waals surface area contributed by atoms with Gasteiger partial charge in [0.1, 0.15) is 12.4 Å². The lowest BCUT2D eigenvalue weighted by atomic mass is 10.3. The molecule has 2 aromatic rings. The molecule has 0 aliphatic heterocycles. The molecule has 0 unspecified atom stereocenters. The van der Waals surface area contributed by atoms with Crippen LogP contribution in [0.3, 0.4) is 0 Å². The average molecular weight is 394 g/mol. The van der Waals surface area contributed by atoms with Crippen LogP contribution in [0.15, 0.2) is 30.6 Å². The molecule has 10 heteroatoms. The van der Waals surface area contributed by atoms with Crippen LogP contribution in [0, 0.1) is 0 Å². The van der Waals surface area contributed by atoms with Gasteiger partial charge in [-0.1, -0.05) is 11.6 Å². The van der Waals surface area contributed by atoms with Gasteiger partial charge in [-0.15, -0.1) is 0 Å². The molecule has 1 heterocycles. The Balaban J connectivity index is 2.12. The van der Waals surface area contributed by atoms with Gasteiger partial charge in [0, 0.05) is 24.0 Å². The fourth-order valence-corrected chi connectivity index (χ4v) is 2.17. The van der Waals surface area contributed by atoms with Crippen LogP contribution in [0.1, 0.15) is 10.5 Å². The van der Waals surface area contributed by atoms with Crippen LogP contribution in [0.2, 0.25) is 5.02 Å². The number of carbonyl (C=O) groups is 2. The molecular weight excluding hydrogens is 374 g/mol. The van der Waals surface area contributed by atoms with Gasteiger partial charge in [-0.2, -0.15) is 0 Å². The van der Waals surface area contributed by atoms with Crippen molar-refractivity contribution in [2.75, 3.05) is 45.0 Å². The summed E-state index contributed by atoms with van der Waals surface area (Å²) in [5.41, 5.74) is 0.269. The number of ether oxygens (including phenoxy) is 2. The normalized spacial score (nSPS) is 10.4.